The maximum Gasteiger partial charge on any atom is 0.325 e. The summed E-state index contributed by atoms with van der Waals surface area (Å²) in [6.07, 6.45) is 2.88. The van der Waals surface area contributed by atoms with Crippen molar-refractivity contribution >= 4 is 5.97 Å². The average molecular weight is 272 g/mol. The summed E-state index contributed by atoms with van der Waals surface area (Å²) in [5.74, 6) is -0.174. The van der Waals surface area contributed by atoms with E-state index >= 15 is 0 Å². The van der Waals surface area contributed by atoms with Gasteiger partial charge in [0.2, 0.25) is 0 Å². The average Bonchev–Trinajstić information content (AvgIpc) is 2.37. The second kappa shape index (κ2) is 7.85. The van der Waals surface area contributed by atoms with Crippen molar-refractivity contribution in [2.24, 2.45) is 0 Å². The van der Waals surface area contributed by atoms with Crippen LogP contribution in [-0.4, -0.2) is 49.2 Å². The fraction of sp³-hybridized carbons (Fsp3) is 0.933. The monoisotopic (exact) mass is 272 g/mol. The Balaban J connectivity index is 4.39. The van der Waals surface area contributed by atoms with Gasteiger partial charge in [-0.15, -0.1) is 0 Å². The molecule has 114 valence electrons. The molecule has 1 N–H and O–H groups in total. The Bertz CT molecular complexity index is 279. The third kappa shape index (κ3) is 5.49. The molecule has 0 aliphatic carbocycles. The van der Waals surface area contributed by atoms with E-state index in [1.165, 1.54) is 7.11 Å². The maximum absolute atomic E-state index is 11.9. The summed E-state index contributed by atoms with van der Waals surface area (Å²) in [4.78, 5) is 14.2. The van der Waals surface area contributed by atoms with Crippen LogP contribution in [-0.2, 0) is 9.53 Å². The van der Waals surface area contributed by atoms with Crippen molar-refractivity contribution in [1.82, 2.24) is 10.2 Å². The van der Waals surface area contributed by atoms with Crippen molar-refractivity contribution in [1.29, 1.82) is 0 Å². The molecule has 0 aliphatic heterocycles. The van der Waals surface area contributed by atoms with Crippen LogP contribution in [0.4, 0.5) is 0 Å². The number of rotatable bonds is 9. The summed E-state index contributed by atoms with van der Waals surface area (Å²) >= 11 is 0. The molecule has 0 radical (unpaired) electrons. The quantitative estimate of drug-likeness (QED) is 0.655. The predicted octanol–water partition coefficient (Wildman–Crippen LogP) is 2.43. The van der Waals surface area contributed by atoms with Crippen LogP contribution < -0.4 is 5.32 Å². The van der Waals surface area contributed by atoms with Crippen LogP contribution in [0.5, 0.6) is 0 Å². The third-order valence-corrected chi connectivity index (χ3v) is 4.27. The molecule has 4 nitrogen and oxygen atoms in total. The number of nitrogens with zero attached hydrogens (tertiary/aromatic N) is 1. The number of likely N-dealkylation sites (N-methyl/N-ethyl adjacent to an activating group) is 1. The molecule has 1 atom stereocenters. The zero-order valence-corrected chi connectivity index (χ0v) is 13.8. The molecular formula is C15H32N2O2. The molecule has 0 bridgehead atoms. The van der Waals surface area contributed by atoms with E-state index in [4.69, 9.17) is 4.74 Å². The molecule has 0 spiro atoms. The lowest BCUT2D eigenvalue weighted by Crippen LogP contribution is -2.50. The van der Waals surface area contributed by atoms with E-state index in [0.717, 1.165) is 32.4 Å². The van der Waals surface area contributed by atoms with E-state index in [0.29, 0.717) is 0 Å². The first-order valence-corrected chi connectivity index (χ1v) is 7.28. The molecule has 1 unspecified atom stereocenters. The van der Waals surface area contributed by atoms with Crippen LogP contribution >= 0.6 is 0 Å². The van der Waals surface area contributed by atoms with Crippen LogP contribution in [0.1, 0.15) is 53.9 Å². The highest BCUT2D eigenvalue weighted by Gasteiger charge is 2.33. The van der Waals surface area contributed by atoms with E-state index < -0.39 is 5.54 Å². The normalized spacial score (nSPS) is 15.4. The summed E-state index contributed by atoms with van der Waals surface area (Å²) in [7, 11) is 3.59. The Labute approximate surface area is 118 Å². The molecule has 0 saturated carbocycles. The van der Waals surface area contributed by atoms with Crippen molar-refractivity contribution in [3.05, 3.63) is 0 Å². The molecule has 4 heteroatoms. The number of nitrogens with one attached hydrogen (secondary N) is 1. The number of ether oxygens (including phenoxy) is 1. The first-order chi connectivity index (χ1) is 8.73. The Morgan fingerprint density at radius 2 is 1.84 bits per heavy atom. The summed E-state index contributed by atoms with van der Waals surface area (Å²) in [5, 5.41) is 3.24. The summed E-state index contributed by atoms with van der Waals surface area (Å²) in [5.41, 5.74) is -0.361. The Hall–Kier alpha value is -0.610. The molecule has 0 amide bonds. The molecular weight excluding hydrogens is 240 g/mol. The molecule has 0 aromatic heterocycles. The first kappa shape index (κ1) is 18.4. The van der Waals surface area contributed by atoms with E-state index in [9.17, 15) is 4.79 Å². The van der Waals surface area contributed by atoms with Gasteiger partial charge in [-0.2, -0.15) is 0 Å². The highest BCUT2D eigenvalue weighted by molar-refractivity contribution is 5.80. The van der Waals surface area contributed by atoms with Crippen molar-refractivity contribution < 1.29 is 9.53 Å². The number of hydrogen-bond acceptors (Lipinski definition) is 4. The molecule has 0 aromatic carbocycles. The molecule has 0 rings (SSSR count). The molecule has 19 heavy (non-hydrogen) atoms. The summed E-state index contributed by atoms with van der Waals surface area (Å²) in [6.45, 7) is 12.4. The van der Waals surface area contributed by atoms with Gasteiger partial charge in [0.05, 0.1) is 7.11 Å². The van der Waals surface area contributed by atoms with Crippen molar-refractivity contribution in [2.45, 2.75) is 65.0 Å². The van der Waals surface area contributed by atoms with Crippen LogP contribution in [0, 0.1) is 0 Å². The Morgan fingerprint density at radius 3 is 2.26 bits per heavy atom. The zero-order chi connectivity index (χ0) is 15.1. The lowest BCUT2D eigenvalue weighted by molar-refractivity contribution is -0.148. The highest BCUT2D eigenvalue weighted by atomic mass is 16.5. The number of hydrogen-bond donors (Lipinski definition) is 1. The number of esters is 1. The SMILES string of the molecule is CCNC(C)(CCCN(C)C(C)(C)CC)C(=O)OC. The Morgan fingerprint density at radius 1 is 1.26 bits per heavy atom. The number of methoxy groups -OCH3 is 1. The third-order valence-electron chi connectivity index (χ3n) is 4.27. The largest absolute Gasteiger partial charge is 0.468 e. The number of carbonyl (C=O) groups is 1. The molecule has 0 heterocycles. The minimum atomic E-state index is -0.569. The molecule has 0 fully saturated rings. The van der Waals surface area contributed by atoms with Crippen LogP contribution in [0.3, 0.4) is 0 Å². The minimum Gasteiger partial charge on any atom is -0.468 e. The van der Waals surface area contributed by atoms with E-state index in [1.807, 2.05) is 13.8 Å². The van der Waals surface area contributed by atoms with Gasteiger partial charge >= 0.3 is 5.97 Å². The van der Waals surface area contributed by atoms with Gasteiger partial charge in [-0.3, -0.25) is 4.79 Å². The van der Waals surface area contributed by atoms with Gasteiger partial charge in [-0.05, 0) is 60.2 Å². The highest BCUT2D eigenvalue weighted by Crippen LogP contribution is 2.19. The van der Waals surface area contributed by atoms with Gasteiger partial charge in [-0.1, -0.05) is 13.8 Å². The van der Waals surface area contributed by atoms with Gasteiger partial charge in [0.25, 0.3) is 0 Å². The van der Waals surface area contributed by atoms with Crippen LogP contribution in [0.15, 0.2) is 0 Å². The zero-order valence-electron chi connectivity index (χ0n) is 13.8. The smallest absolute Gasteiger partial charge is 0.325 e. The predicted molar refractivity (Wildman–Crippen MR) is 80.3 cm³/mol. The van der Waals surface area contributed by atoms with Gasteiger partial charge in [-0.25, -0.2) is 0 Å². The molecule has 0 aliphatic rings. The Kier molecular flexibility index (Phi) is 7.60. The van der Waals surface area contributed by atoms with Gasteiger partial charge < -0.3 is 15.0 Å². The maximum atomic E-state index is 11.9. The number of carbonyl (C=O) groups excluding carboxylic acids is 1. The standard InChI is InChI=1S/C15H32N2O2/c1-8-14(3,4)17(6)12-10-11-15(5,16-9-2)13(18)19-7/h16H,8-12H2,1-7H3. The molecule has 0 saturated heterocycles. The van der Waals surface area contributed by atoms with Gasteiger partial charge in [0.15, 0.2) is 0 Å². The van der Waals surface area contributed by atoms with E-state index in [1.54, 1.807) is 0 Å². The van der Waals surface area contributed by atoms with Crippen molar-refractivity contribution in [2.75, 3.05) is 27.2 Å². The summed E-state index contributed by atoms with van der Waals surface area (Å²) in [6, 6.07) is 0. The summed E-state index contributed by atoms with van der Waals surface area (Å²) < 4.78 is 4.90. The molecule has 0 aromatic rings. The first-order valence-electron chi connectivity index (χ1n) is 7.28. The van der Waals surface area contributed by atoms with E-state index in [2.05, 4.69) is 38.0 Å². The van der Waals surface area contributed by atoms with E-state index in [-0.39, 0.29) is 11.5 Å². The van der Waals surface area contributed by atoms with Crippen molar-refractivity contribution in [3.8, 4) is 0 Å². The fourth-order valence-corrected chi connectivity index (χ4v) is 2.12. The lowest BCUT2D eigenvalue weighted by atomic mass is 9.94. The van der Waals surface area contributed by atoms with Crippen LogP contribution in [0.2, 0.25) is 0 Å². The van der Waals surface area contributed by atoms with Gasteiger partial charge in [0.1, 0.15) is 5.54 Å². The van der Waals surface area contributed by atoms with Crippen LogP contribution in [0.25, 0.3) is 0 Å². The minimum absolute atomic E-state index is 0.174. The fourth-order valence-electron chi connectivity index (χ4n) is 2.12. The second-order valence-corrected chi connectivity index (χ2v) is 6.05. The van der Waals surface area contributed by atoms with Gasteiger partial charge in [0, 0.05) is 5.54 Å². The van der Waals surface area contributed by atoms with Crippen molar-refractivity contribution in [3.63, 3.8) is 0 Å². The second-order valence-electron chi connectivity index (χ2n) is 6.05. The lowest BCUT2D eigenvalue weighted by Gasteiger charge is -2.36. The topological polar surface area (TPSA) is 41.6 Å².